The van der Waals surface area contributed by atoms with Gasteiger partial charge in [0.05, 0.1) is 11.4 Å². The van der Waals surface area contributed by atoms with Gasteiger partial charge in [-0.1, -0.05) is 6.07 Å². The molecule has 0 radical (unpaired) electrons. The summed E-state index contributed by atoms with van der Waals surface area (Å²) in [6.07, 6.45) is 5.80. The molecule has 20 heavy (non-hydrogen) atoms. The standard InChI is InChI=1S/C16H18N4/c1-12-6-7-17-9-14(12)10-18-11-15-13(2)19-16-5-3-4-8-20(15)16/h3-9,18H,10-11H2,1-2H3. The molecular formula is C16H18N4. The highest BCUT2D eigenvalue weighted by molar-refractivity contribution is 5.42. The Bertz CT molecular complexity index is 730. The molecule has 0 unspecified atom stereocenters. The number of rotatable bonds is 4. The molecule has 0 atom stereocenters. The molecule has 0 aromatic carbocycles. The topological polar surface area (TPSA) is 42.2 Å². The van der Waals surface area contributed by atoms with Crippen LogP contribution in [0.2, 0.25) is 0 Å². The zero-order valence-corrected chi connectivity index (χ0v) is 11.8. The Morgan fingerprint density at radius 3 is 2.90 bits per heavy atom. The van der Waals surface area contributed by atoms with E-state index in [-0.39, 0.29) is 0 Å². The molecule has 0 amide bonds. The third-order valence-corrected chi connectivity index (χ3v) is 3.58. The summed E-state index contributed by atoms with van der Waals surface area (Å²) in [7, 11) is 0. The first-order valence-corrected chi connectivity index (χ1v) is 6.78. The molecule has 0 saturated heterocycles. The van der Waals surface area contributed by atoms with Crippen LogP contribution in [0.4, 0.5) is 0 Å². The average Bonchev–Trinajstić information content (AvgIpc) is 2.77. The van der Waals surface area contributed by atoms with Crippen LogP contribution in [0, 0.1) is 13.8 Å². The van der Waals surface area contributed by atoms with Crippen molar-refractivity contribution in [2.24, 2.45) is 0 Å². The summed E-state index contributed by atoms with van der Waals surface area (Å²) < 4.78 is 2.14. The molecule has 102 valence electrons. The average molecular weight is 266 g/mol. The molecular weight excluding hydrogens is 248 g/mol. The van der Waals surface area contributed by atoms with Gasteiger partial charge in [-0.25, -0.2) is 4.98 Å². The van der Waals surface area contributed by atoms with E-state index in [1.165, 1.54) is 16.8 Å². The second kappa shape index (κ2) is 5.43. The Labute approximate surface area is 118 Å². The van der Waals surface area contributed by atoms with Gasteiger partial charge >= 0.3 is 0 Å². The minimum atomic E-state index is 0.797. The van der Waals surface area contributed by atoms with Crippen LogP contribution in [-0.2, 0) is 13.1 Å². The van der Waals surface area contributed by atoms with Crippen LogP contribution in [0.25, 0.3) is 5.65 Å². The van der Waals surface area contributed by atoms with Gasteiger partial charge in [0, 0.05) is 31.7 Å². The van der Waals surface area contributed by atoms with Crippen molar-refractivity contribution in [2.45, 2.75) is 26.9 Å². The Kier molecular flexibility index (Phi) is 3.48. The SMILES string of the molecule is Cc1ccncc1CNCc1c(C)nc2ccccn12. The molecule has 3 rings (SSSR count). The van der Waals surface area contributed by atoms with E-state index < -0.39 is 0 Å². The second-order valence-corrected chi connectivity index (χ2v) is 4.98. The molecule has 1 N–H and O–H groups in total. The van der Waals surface area contributed by atoms with Gasteiger partial charge in [-0.3, -0.25) is 4.98 Å². The molecule has 0 saturated carbocycles. The molecule has 3 aromatic rings. The summed E-state index contributed by atoms with van der Waals surface area (Å²) in [5, 5.41) is 3.48. The lowest BCUT2D eigenvalue weighted by atomic mass is 10.1. The van der Waals surface area contributed by atoms with Crippen LogP contribution >= 0.6 is 0 Å². The Balaban J connectivity index is 1.74. The highest BCUT2D eigenvalue weighted by Gasteiger charge is 2.07. The van der Waals surface area contributed by atoms with Crippen LogP contribution in [0.1, 0.15) is 22.5 Å². The zero-order chi connectivity index (χ0) is 13.9. The van der Waals surface area contributed by atoms with Gasteiger partial charge in [0.15, 0.2) is 0 Å². The first-order valence-electron chi connectivity index (χ1n) is 6.78. The molecule has 0 aliphatic carbocycles. The maximum Gasteiger partial charge on any atom is 0.137 e. The highest BCUT2D eigenvalue weighted by atomic mass is 15.0. The van der Waals surface area contributed by atoms with Crippen LogP contribution in [0.15, 0.2) is 42.9 Å². The maximum atomic E-state index is 4.57. The smallest absolute Gasteiger partial charge is 0.137 e. The van der Waals surface area contributed by atoms with Crippen LogP contribution in [0.3, 0.4) is 0 Å². The summed E-state index contributed by atoms with van der Waals surface area (Å²) in [5.74, 6) is 0. The minimum Gasteiger partial charge on any atom is -0.307 e. The lowest BCUT2D eigenvalue weighted by Gasteiger charge is -2.08. The van der Waals surface area contributed by atoms with Crippen molar-refractivity contribution in [3.63, 3.8) is 0 Å². The predicted octanol–water partition coefficient (Wildman–Crippen LogP) is 2.64. The van der Waals surface area contributed by atoms with Gasteiger partial charge in [-0.15, -0.1) is 0 Å². The van der Waals surface area contributed by atoms with Crippen molar-refractivity contribution < 1.29 is 0 Å². The molecule has 0 fully saturated rings. The summed E-state index contributed by atoms with van der Waals surface area (Å²) in [4.78, 5) is 8.74. The molecule has 0 aliphatic rings. The summed E-state index contributed by atoms with van der Waals surface area (Å²) >= 11 is 0. The van der Waals surface area contributed by atoms with Gasteiger partial charge in [0.2, 0.25) is 0 Å². The van der Waals surface area contributed by atoms with Crippen molar-refractivity contribution >= 4 is 5.65 Å². The Hall–Kier alpha value is -2.20. The number of nitrogens with zero attached hydrogens (tertiary/aromatic N) is 3. The minimum absolute atomic E-state index is 0.797. The lowest BCUT2D eigenvalue weighted by Crippen LogP contribution is -2.15. The van der Waals surface area contributed by atoms with Crippen LogP contribution in [0.5, 0.6) is 0 Å². The maximum absolute atomic E-state index is 4.57. The van der Waals surface area contributed by atoms with E-state index in [2.05, 4.69) is 39.7 Å². The largest absolute Gasteiger partial charge is 0.307 e. The third-order valence-electron chi connectivity index (χ3n) is 3.58. The summed E-state index contributed by atoms with van der Waals surface area (Å²) in [6, 6.07) is 8.11. The zero-order valence-electron chi connectivity index (χ0n) is 11.8. The number of hydrogen-bond acceptors (Lipinski definition) is 3. The number of nitrogens with one attached hydrogen (secondary N) is 1. The fourth-order valence-electron chi connectivity index (χ4n) is 2.37. The van der Waals surface area contributed by atoms with E-state index in [1.807, 2.05) is 36.7 Å². The summed E-state index contributed by atoms with van der Waals surface area (Å²) in [5.41, 5.74) is 5.79. The number of aromatic nitrogens is 3. The number of hydrogen-bond donors (Lipinski definition) is 1. The number of pyridine rings is 2. The number of fused-ring (bicyclic) bond motifs is 1. The van der Waals surface area contributed by atoms with Crippen molar-refractivity contribution in [3.8, 4) is 0 Å². The van der Waals surface area contributed by atoms with Crippen LogP contribution < -0.4 is 5.32 Å². The van der Waals surface area contributed by atoms with Crippen molar-refractivity contribution in [3.05, 3.63) is 65.4 Å². The fraction of sp³-hybridized carbons (Fsp3) is 0.250. The van der Waals surface area contributed by atoms with E-state index in [0.29, 0.717) is 0 Å². The molecule has 0 spiro atoms. The monoisotopic (exact) mass is 266 g/mol. The van der Waals surface area contributed by atoms with Crippen molar-refractivity contribution in [1.82, 2.24) is 19.7 Å². The van der Waals surface area contributed by atoms with E-state index in [4.69, 9.17) is 0 Å². The molecule has 4 heteroatoms. The van der Waals surface area contributed by atoms with E-state index >= 15 is 0 Å². The second-order valence-electron chi connectivity index (χ2n) is 4.98. The summed E-state index contributed by atoms with van der Waals surface area (Å²) in [6.45, 7) is 5.78. The van der Waals surface area contributed by atoms with Crippen molar-refractivity contribution in [2.75, 3.05) is 0 Å². The first-order chi connectivity index (χ1) is 9.75. The lowest BCUT2D eigenvalue weighted by molar-refractivity contribution is 0.668. The predicted molar refractivity (Wildman–Crippen MR) is 79.4 cm³/mol. The molecule has 0 bridgehead atoms. The first kappa shape index (κ1) is 12.8. The van der Waals surface area contributed by atoms with Gasteiger partial charge in [0.1, 0.15) is 5.65 Å². The van der Waals surface area contributed by atoms with Gasteiger partial charge < -0.3 is 9.72 Å². The van der Waals surface area contributed by atoms with Crippen molar-refractivity contribution in [1.29, 1.82) is 0 Å². The van der Waals surface area contributed by atoms with E-state index in [0.717, 1.165) is 24.4 Å². The number of imidazole rings is 1. The van der Waals surface area contributed by atoms with Crippen LogP contribution in [-0.4, -0.2) is 14.4 Å². The third kappa shape index (κ3) is 2.42. The van der Waals surface area contributed by atoms with E-state index in [9.17, 15) is 0 Å². The van der Waals surface area contributed by atoms with Gasteiger partial charge in [-0.05, 0) is 43.2 Å². The normalized spacial score (nSPS) is 11.1. The number of aryl methyl sites for hydroxylation is 2. The molecule has 3 aromatic heterocycles. The Morgan fingerprint density at radius 2 is 2.05 bits per heavy atom. The Morgan fingerprint density at radius 1 is 1.15 bits per heavy atom. The van der Waals surface area contributed by atoms with Gasteiger partial charge in [0.25, 0.3) is 0 Å². The quantitative estimate of drug-likeness (QED) is 0.789. The highest BCUT2D eigenvalue weighted by Crippen LogP contribution is 2.12. The van der Waals surface area contributed by atoms with E-state index in [1.54, 1.807) is 0 Å². The molecule has 3 heterocycles. The fourth-order valence-corrected chi connectivity index (χ4v) is 2.37. The van der Waals surface area contributed by atoms with Gasteiger partial charge in [-0.2, -0.15) is 0 Å². The molecule has 0 aliphatic heterocycles. The molecule has 4 nitrogen and oxygen atoms in total.